The van der Waals surface area contributed by atoms with Gasteiger partial charge in [-0.05, 0) is 24.6 Å². The molecule has 0 radical (unpaired) electrons. The molecular formula is C13H9NO2. The second-order valence-corrected chi connectivity index (χ2v) is 4.16. The van der Waals surface area contributed by atoms with Crippen molar-refractivity contribution in [1.29, 1.82) is 0 Å². The van der Waals surface area contributed by atoms with Crippen LogP contribution in [0.2, 0.25) is 0 Å². The summed E-state index contributed by atoms with van der Waals surface area (Å²) in [5.41, 5.74) is 1.27. The average Bonchev–Trinajstić information content (AvgIpc) is 3.05. The number of benzene rings is 1. The number of terminal acetylenes is 1. The van der Waals surface area contributed by atoms with Gasteiger partial charge in [-0.15, -0.1) is 6.42 Å². The van der Waals surface area contributed by atoms with E-state index in [1.54, 1.807) is 24.3 Å². The summed E-state index contributed by atoms with van der Waals surface area (Å²) in [6, 6.07) is 6.96. The Morgan fingerprint density at radius 3 is 2.56 bits per heavy atom. The number of hydrogen-bond acceptors (Lipinski definition) is 2. The largest absolute Gasteiger partial charge is 0.274 e. The number of imide groups is 1. The van der Waals surface area contributed by atoms with Crippen LogP contribution in [0.3, 0.4) is 0 Å². The first-order valence-corrected chi connectivity index (χ1v) is 5.17. The normalized spacial score (nSPS) is 26.6. The van der Waals surface area contributed by atoms with Gasteiger partial charge in [-0.25, -0.2) is 0 Å². The molecule has 0 spiro atoms. The van der Waals surface area contributed by atoms with E-state index in [0.29, 0.717) is 11.3 Å². The van der Waals surface area contributed by atoms with Gasteiger partial charge in [0.05, 0.1) is 17.5 Å². The summed E-state index contributed by atoms with van der Waals surface area (Å²) in [5.74, 6) is 2.20. The van der Waals surface area contributed by atoms with Crippen molar-refractivity contribution in [3.8, 4) is 12.3 Å². The maximum Gasteiger partial charge on any atom is 0.237 e. The van der Waals surface area contributed by atoms with E-state index in [1.807, 2.05) is 0 Å². The molecule has 1 saturated heterocycles. The van der Waals surface area contributed by atoms with E-state index in [1.165, 1.54) is 4.90 Å². The van der Waals surface area contributed by atoms with E-state index >= 15 is 0 Å². The van der Waals surface area contributed by atoms with Crippen LogP contribution in [-0.4, -0.2) is 11.8 Å². The Morgan fingerprint density at radius 2 is 1.94 bits per heavy atom. The van der Waals surface area contributed by atoms with Gasteiger partial charge in [-0.2, -0.15) is 0 Å². The zero-order valence-corrected chi connectivity index (χ0v) is 8.51. The molecule has 78 valence electrons. The number of amides is 2. The zero-order chi connectivity index (χ0) is 11.3. The van der Waals surface area contributed by atoms with E-state index in [-0.39, 0.29) is 23.7 Å². The number of piperidine rings is 1. The Kier molecular flexibility index (Phi) is 1.69. The van der Waals surface area contributed by atoms with E-state index in [4.69, 9.17) is 6.42 Å². The minimum absolute atomic E-state index is 0.0676. The Labute approximate surface area is 93.1 Å². The summed E-state index contributed by atoms with van der Waals surface area (Å²) < 4.78 is 0. The van der Waals surface area contributed by atoms with Crippen molar-refractivity contribution in [1.82, 2.24) is 0 Å². The first kappa shape index (κ1) is 9.17. The molecule has 1 aromatic carbocycles. The van der Waals surface area contributed by atoms with Crippen LogP contribution in [0.15, 0.2) is 24.3 Å². The van der Waals surface area contributed by atoms with Gasteiger partial charge in [-0.3, -0.25) is 14.5 Å². The molecule has 2 atom stereocenters. The fraction of sp³-hybridized carbons (Fsp3) is 0.231. The minimum Gasteiger partial charge on any atom is -0.274 e. The topological polar surface area (TPSA) is 37.4 Å². The van der Waals surface area contributed by atoms with Crippen molar-refractivity contribution in [3.63, 3.8) is 0 Å². The number of hydrogen-bond donors (Lipinski definition) is 0. The highest BCUT2D eigenvalue weighted by Crippen LogP contribution is 2.48. The number of anilines is 1. The molecule has 16 heavy (non-hydrogen) atoms. The minimum atomic E-state index is -0.0795. The Hall–Kier alpha value is -2.08. The molecule has 1 aliphatic heterocycles. The second kappa shape index (κ2) is 2.96. The highest BCUT2D eigenvalue weighted by molar-refractivity contribution is 6.24. The lowest BCUT2D eigenvalue weighted by atomic mass is 10.2. The van der Waals surface area contributed by atoms with Crippen molar-refractivity contribution < 1.29 is 9.59 Å². The molecule has 1 aliphatic carbocycles. The highest BCUT2D eigenvalue weighted by atomic mass is 16.2. The van der Waals surface area contributed by atoms with Gasteiger partial charge in [0.25, 0.3) is 0 Å². The quantitative estimate of drug-likeness (QED) is 0.516. The fourth-order valence-electron chi connectivity index (χ4n) is 2.17. The molecule has 0 aromatic heterocycles. The first-order valence-electron chi connectivity index (χ1n) is 5.17. The standard InChI is InChI=1S/C13H9NO2/c1-2-8-4-3-5-9(6-8)14-12(15)10-7-11(10)13(14)16/h1,3-6,10-11H,7H2. The summed E-state index contributed by atoms with van der Waals surface area (Å²) in [5, 5.41) is 0. The van der Waals surface area contributed by atoms with Crippen LogP contribution in [0.5, 0.6) is 0 Å². The summed E-state index contributed by atoms with van der Waals surface area (Å²) in [6.07, 6.45) is 6.01. The molecule has 1 aromatic rings. The van der Waals surface area contributed by atoms with Crippen molar-refractivity contribution in [3.05, 3.63) is 29.8 Å². The lowest BCUT2D eigenvalue weighted by Gasteiger charge is -2.16. The smallest absolute Gasteiger partial charge is 0.237 e. The second-order valence-electron chi connectivity index (χ2n) is 4.16. The van der Waals surface area contributed by atoms with Crippen LogP contribution in [-0.2, 0) is 9.59 Å². The molecule has 1 saturated carbocycles. The molecule has 2 amide bonds. The fourth-order valence-corrected chi connectivity index (χ4v) is 2.17. The molecule has 1 heterocycles. The molecule has 3 heteroatoms. The number of nitrogens with zero attached hydrogens (tertiary/aromatic N) is 1. The number of carbonyl (C=O) groups excluding carboxylic acids is 2. The van der Waals surface area contributed by atoms with Crippen molar-refractivity contribution >= 4 is 17.5 Å². The summed E-state index contributed by atoms with van der Waals surface area (Å²) in [4.78, 5) is 24.9. The lowest BCUT2D eigenvalue weighted by molar-refractivity contribution is -0.123. The Balaban J connectivity index is 2.01. The molecule has 2 fully saturated rings. The summed E-state index contributed by atoms with van der Waals surface area (Å²) in [7, 11) is 0. The Morgan fingerprint density at radius 1 is 1.25 bits per heavy atom. The maximum absolute atomic E-state index is 11.8. The van der Waals surface area contributed by atoms with Gasteiger partial charge < -0.3 is 0 Å². The van der Waals surface area contributed by atoms with Crippen LogP contribution in [0, 0.1) is 24.2 Å². The van der Waals surface area contributed by atoms with Crippen molar-refractivity contribution in [2.45, 2.75) is 6.42 Å². The van der Waals surface area contributed by atoms with E-state index < -0.39 is 0 Å². The molecule has 2 aliphatic rings. The third kappa shape index (κ3) is 1.10. The summed E-state index contributed by atoms with van der Waals surface area (Å²) >= 11 is 0. The number of fused-ring (bicyclic) bond motifs is 1. The number of carbonyl (C=O) groups is 2. The molecular weight excluding hydrogens is 202 g/mol. The van der Waals surface area contributed by atoms with Gasteiger partial charge in [0.15, 0.2) is 0 Å². The van der Waals surface area contributed by atoms with Crippen LogP contribution in [0.4, 0.5) is 5.69 Å². The van der Waals surface area contributed by atoms with Crippen LogP contribution in [0.25, 0.3) is 0 Å². The lowest BCUT2D eigenvalue weighted by Crippen LogP contribution is -2.32. The molecule has 0 bridgehead atoms. The van der Waals surface area contributed by atoms with Gasteiger partial charge in [0.1, 0.15) is 0 Å². The molecule has 3 rings (SSSR count). The van der Waals surface area contributed by atoms with E-state index in [2.05, 4.69) is 5.92 Å². The van der Waals surface area contributed by atoms with Gasteiger partial charge >= 0.3 is 0 Å². The van der Waals surface area contributed by atoms with E-state index in [0.717, 1.165) is 6.42 Å². The Bertz CT molecular complexity index is 521. The first-order chi connectivity index (χ1) is 7.72. The zero-order valence-electron chi connectivity index (χ0n) is 8.51. The third-order valence-electron chi connectivity index (χ3n) is 3.14. The maximum atomic E-state index is 11.8. The predicted molar refractivity (Wildman–Crippen MR) is 58.5 cm³/mol. The molecule has 3 nitrogen and oxygen atoms in total. The average molecular weight is 211 g/mol. The molecule has 2 unspecified atom stereocenters. The van der Waals surface area contributed by atoms with Gasteiger partial charge in [0, 0.05) is 5.56 Å². The number of rotatable bonds is 1. The van der Waals surface area contributed by atoms with Crippen LogP contribution < -0.4 is 4.90 Å². The van der Waals surface area contributed by atoms with Crippen LogP contribution in [0.1, 0.15) is 12.0 Å². The summed E-state index contributed by atoms with van der Waals surface area (Å²) in [6.45, 7) is 0. The van der Waals surface area contributed by atoms with Crippen molar-refractivity contribution in [2.24, 2.45) is 11.8 Å². The van der Waals surface area contributed by atoms with Crippen molar-refractivity contribution in [2.75, 3.05) is 4.90 Å². The van der Waals surface area contributed by atoms with Gasteiger partial charge in [0.2, 0.25) is 11.8 Å². The molecule has 0 N–H and O–H groups in total. The highest BCUT2D eigenvalue weighted by Gasteiger charge is 2.59. The SMILES string of the molecule is C#Cc1cccc(N2C(=O)C3CC3C2=O)c1. The predicted octanol–water partition coefficient (Wildman–Crippen LogP) is 1.18. The van der Waals surface area contributed by atoms with E-state index in [9.17, 15) is 9.59 Å². The third-order valence-corrected chi connectivity index (χ3v) is 3.14. The van der Waals surface area contributed by atoms with Crippen LogP contribution >= 0.6 is 0 Å². The monoisotopic (exact) mass is 211 g/mol. The van der Waals surface area contributed by atoms with Gasteiger partial charge in [-0.1, -0.05) is 12.0 Å².